The van der Waals surface area contributed by atoms with Gasteiger partial charge in [-0.15, -0.1) is 0 Å². The van der Waals surface area contributed by atoms with Crippen LogP contribution in [0.3, 0.4) is 0 Å². The standard InChI is InChI=1S/C24H27ClN2O2/c1-16-5-4-6-20(13-16)15-27-17(2)22(23(18(27)3)24(28)29)14-26-12-11-19-7-9-21(25)10-8-19/h4-10,13,26H,11-12,14-15H2,1-3H3,(H,28,29). The van der Waals surface area contributed by atoms with Gasteiger partial charge in [0.25, 0.3) is 0 Å². The number of aryl methyl sites for hydroxylation is 1. The van der Waals surface area contributed by atoms with E-state index in [1.54, 1.807) is 0 Å². The van der Waals surface area contributed by atoms with Crippen molar-refractivity contribution in [1.82, 2.24) is 9.88 Å². The van der Waals surface area contributed by atoms with Crippen molar-refractivity contribution < 1.29 is 9.90 Å². The summed E-state index contributed by atoms with van der Waals surface area (Å²) in [4.78, 5) is 11.9. The number of carbonyl (C=O) groups is 1. The van der Waals surface area contributed by atoms with Crippen molar-refractivity contribution in [2.45, 2.75) is 40.3 Å². The number of aromatic nitrogens is 1. The van der Waals surface area contributed by atoms with E-state index in [0.29, 0.717) is 18.7 Å². The first-order valence-corrected chi connectivity index (χ1v) is 10.2. The summed E-state index contributed by atoms with van der Waals surface area (Å²) in [5.41, 5.74) is 6.64. The third-order valence-corrected chi connectivity index (χ3v) is 5.60. The van der Waals surface area contributed by atoms with Crippen LogP contribution in [0.15, 0.2) is 48.5 Å². The van der Waals surface area contributed by atoms with E-state index in [9.17, 15) is 9.90 Å². The molecule has 0 aliphatic carbocycles. The third-order valence-electron chi connectivity index (χ3n) is 5.35. The van der Waals surface area contributed by atoms with Crippen LogP contribution in [0.4, 0.5) is 0 Å². The van der Waals surface area contributed by atoms with E-state index < -0.39 is 5.97 Å². The highest BCUT2D eigenvalue weighted by atomic mass is 35.5. The molecule has 2 N–H and O–H groups in total. The first-order valence-electron chi connectivity index (χ1n) is 9.79. The molecule has 3 aromatic rings. The fraction of sp³-hybridized carbons (Fsp3) is 0.292. The summed E-state index contributed by atoms with van der Waals surface area (Å²) in [5.74, 6) is -0.872. The molecule has 0 aliphatic rings. The van der Waals surface area contributed by atoms with Crippen LogP contribution < -0.4 is 5.32 Å². The maximum Gasteiger partial charge on any atom is 0.337 e. The van der Waals surface area contributed by atoms with Gasteiger partial charge < -0.3 is 15.0 Å². The zero-order valence-corrected chi connectivity index (χ0v) is 17.9. The van der Waals surface area contributed by atoms with Crippen molar-refractivity contribution >= 4 is 17.6 Å². The van der Waals surface area contributed by atoms with Crippen molar-refractivity contribution in [3.8, 4) is 0 Å². The van der Waals surface area contributed by atoms with E-state index in [4.69, 9.17) is 11.6 Å². The number of nitrogens with one attached hydrogen (secondary N) is 1. The van der Waals surface area contributed by atoms with Crippen LogP contribution in [-0.2, 0) is 19.5 Å². The highest BCUT2D eigenvalue weighted by Gasteiger charge is 2.22. The molecule has 29 heavy (non-hydrogen) atoms. The Balaban J connectivity index is 1.75. The molecule has 0 amide bonds. The molecular weight excluding hydrogens is 384 g/mol. The summed E-state index contributed by atoms with van der Waals surface area (Å²) in [6, 6.07) is 16.1. The van der Waals surface area contributed by atoms with Crippen LogP contribution in [0.2, 0.25) is 5.02 Å². The van der Waals surface area contributed by atoms with Gasteiger partial charge in [0, 0.05) is 35.1 Å². The number of hydrogen-bond acceptors (Lipinski definition) is 2. The SMILES string of the molecule is Cc1cccc(Cn2c(C)c(CNCCc3ccc(Cl)cc3)c(C(=O)O)c2C)c1. The van der Waals surface area contributed by atoms with Crippen molar-refractivity contribution in [3.63, 3.8) is 0 Å². The first kappa shape index (κ1) is 21.2. The van der Waals surface area contributed by atoms with E-state index >= 15 is 0 Å². The predicted octanol–water partition coefficient (Wildman–Crippen LogP) is 5.15. The van der Waals surface area contributed by atoms with E-state index in [1.165, 1.54) is 16.7 Å². The van der Waals surface area contributed by atoms with Crippen LogP contribution in [0.25, 0.3) is 0 Å². The van der Waals surface area contributed by atoms with Gasteiger partial charge in [-0.25, -0.2) is 4.79 Å². The second-order valence-corrected chi connectivity index (χ2v) is 7.89. The predicted molar refractivity (Wildman–Crippen MR) is 118 cm³/mol. The summed E-state index contributed by atoms with van der Waals surface area (Å²) in [6.45, 7) is 7.93. The molecule has 0 atom stereocenters. The largest absolute Gasteiger partial charge is 0.478 e. The van der Waals surface area contributed by atoms with Crippen LogP contribution in [0, 0.1) is 20.8 Å². The number of nitrogens with zero attached hydrogens (tertiary/aromatic N) is 1. The normalized spacial score (nSPS) is 11.0. The maximum absolute atomic E-state index is 11.9. The summed E-state index contributed by atoms with van der Waals surface area (Å²) < 4.78 is 2.11. The first-order chi connectivity index (χ1) is 13.9. The Bertz CT molecular complexity index is 1010. The molecule has 0 fully saturated rings. The maximum atomic E-state index is 11.9. The Hall–Kier alpha value is -2.56. The number of aromatic carboxylic acids is 1. The highest BCUT2D eigenvalue weighted by molar-refractivity contribution is 6.30. The fourth-order valence-electron chi connectivity index (χ4n) is 3.78. The lowest BCUT2D eigenvalue weighted by molar-refractivity contribution is 0.0694. The highest BCUT2D eigenvalue weighted by Crippen LogP contribution is 2.24. The Kier molecular flexibility index (Phi) is 6.78. The zero-order valence-electron chi connectivity index (χ0n) is 17.1. The van der Waals surface area contributed by atoms with Gasteiger partial charge in [0.1, 0.15) is 0 Å². The third kappa shape index (κ3) is 5.08. The minimum Gasteiger partial charge on any atom is -0.478 e. The second-order valence-electron chi connectivity index (χ2n) is 7.46. The quantitative estimate of drug-likeness (QED) is 0.505. The Morgan fingerprint density at radius 1 is 1.03 bits per heavy atom. The molecule has 1 aromatic heterocycles. The van der Waals surface area contributed by atoms with Gasteiger partial charge in [-0.1, -0.05) is 53.6 Å². The number of carboxylic acid groups (broad SMARTS) is 1. The van der Waals surface area contributed by atoms with Gasteiger partial charge in [-0.3, -0.25) is 0 Å². The molecule has 2 aromatic carbocycles. The smallest absolute Gasteiger partial charge is 0.337 e. The topological polar surface area (TPSA) is 54.3 Å². The minimum atomic E-state index is -0.872. The molecule has 0 bridgehead atoms. The second kappa shape index (κ2) is 9.29. The van der Waals surface area contributed by atoms with Crippen molar-refractivity contribution in [1.29, 1.82) is 0 Å². The average molecular weight is 411 g/mol. The van der Waals surface area contributed by atoms with Gasteiger partial charge in [-0.05, 0) is 57.0 Å². The molecule has 5 heteroatoms. The average Bonchev–Trinajstić information content (AvgIpc) is 2.91. The molecule has 0 aliphatic heterocycles. The lowest BCUT2D eigenvalue weighted by Gasteiger charge is -2.11. The molecule has 0 unspecified atom stereocenters. The van der Waals surface area contributed by atoms with Crippen molar-refractivity contribution in [3.05, 3.63) is 92.8 Å². The van der Waals surface area contributed by atoms with E-state index in [2.05, 4.69) is 35.0 Å². The zero-order chi connectivity index (χ0) is 21.0. The van der Waals surface area contributed by atoms with Crippen molar-refractivity contribution in [2.75, 3.05) is 6.54 Å². The van der Waals surface area contributed by atoms with E-state index in [1.807, 2.05) is 44.2 Å². The molecule has 3 rings (SSSR count). The van der Waals surface area contributed by atoms with E-state index in [0.717, 1.165) is 34.9 Å². The van der Waals surface area contributed by atoms with Crippen molar-refractivity contribution in [2.24, 2.45) is 0 Å². The number of halogens is 1. The number of carboxylic acids is 1. The molecule has 152 valence electrons. The van der Waals surface area contributed by atoms with Crippen LogP contribution in [-0.4, -0.2) is 22.2 Å². The van der Waals surface area contributed by atoms with E-state index in [-0.39, 0.29) is 0 Å². The molecule has 0 spiro atoms. The lowest BCUT2D eigenvalue weighted by Crippen LogP contribution is -2.18. The summed E-state index contributed by atoms with van der Waals surface area (Å²) >= 11 is 5.93. The van der Waals surface area contributed by atoms with Gasteiger partial charge in [-0.2, -0.15) is 0 Å². The van der Waals surface area contributed by atoms with Gasteiger partial charge >= 0.3 is 5.97 Å². The van der Waals surface area contributed by atoms with Crippen LogP contribution in [0.5, 0.6) is 0 Å². The Morgan fingerprint density at radius 3 is 2.41 bits per heavy atom. The minimum absolute atomic E-state index is 0.411. The molecule has 4 nitrogen and oxygen atoms in total. The number of rotatable bonds is 8. The number of benzene rings is 2. The van der Waals surface area contributed by atoms with Crippen LogP contribution in [0.1, 0.15) is 44.0 Å². The summed E-state index contributed by atoms with van der Waals surface area (Å²) in [7, 11) is 0. The lowest BCUT2D eigenvalue weighted by atomic mass is 10.1. The molecular formula is C24H27ClN2O2. The molecule has 0 saturated carbocycles. The summed E-state index contributed by atoms with van der Waals surface area (Å²) in [6.07, 6.45) is 0.863. The number of hydrogen-bond donors (Lipinski definition) is 2. The van der Waals surface area contributed by atoms with Crippen LogP contribution >= 0.6 is 11.6 Å². The Labute approximate surface area is 177 Å². The molecule has 1 heterocycles. The van der Waals surface area contributed by atoms with Gasteiger partial charge in [0.05, 0.1) is 5.56 Å². The Morgan fingerprint density at radius 2 is 1.76 bits per heavy atom. The monoisotopic (exact) mass is 410 g/mol. The molecule has 0 radical (unpaired) electrons. The van der Waals surface area contributed by atoms with Gasteiger partial charge in [0.2, 0.25) is 0 Å². The summed E-state index contributed by atoms with van der Waals surface area (Å²) in [5, 5.41) is 13.9. The molecule has 0 saturated heterocycles. The van der Waals surface area contributed by atoms with Gasteiger partial charge in [0.15, 0.2) is 0 Å². The fourth-order valence-corrected chi connectivity index (χ4v) is 3.90.